The van der Waals surface area contributed by atoms with Crippen LogP contribution in [-0.2, 0) is 35.7 Å². The van der Waals surface area contributed by atoms with Gasteiger partial charge in [-0.15, -0.1) is 0 Å². The van der Waals surface area contributed by atoms with E-state index in [0.29, 0.717) is 66.0 Å². The number of aryl methyl sites for hydroxylation is 2. The third kappa shape index (κ3) is 10.5. The zero-order chi connectivity index (χ0) is 52.0. The Hall–Kier alpha value is -5.06. The van der Waals surface area contributed by atoms with Crippen molar-refractivity contribution in [1.29, 1.82) is 0 Å². The van der Waals surface area contributed by atoms with Crippen LogP contribution in [0.2, 0.25) is 20.1 Å². The highest BCUT2D eigenvalue weighted by atomic mass is 35.5. The smallest absolute Gasteiger partial charge is 0.456 e. The summed E-state index contributed by atoms with van der Waals surface area (Å²) in [6.07, 6.45) is 4.11. The van der Waals surface area contributed by atoms with Gasteiger partial charge in [-0.1, -0.05) is 70.5 Å². The van der Waals surface area contributed by atoms with Crippen molar-refractivity contribution in [2.75, 3.05) is 49.6 Å². The Bertz CT molecular complexity index is 2970. The van der Waals surface area contributed by atoms with Gasteiger partial charge in [-0.05, 0) is 95.2 Å². The summed E-state index contributed by atoms with van der Waals surface area (Å²) >= 11 is 27.1. The number of unbranched alkanes of at least 4 members (excludes halogenated alkanes) is 2. The minimum absolute atomic E-state index is 0.00328. The average Bonchev–Trinajstić information content (AvgIpc) is 3.63. The topological polar surface area (TPSA) is 196 Å². The van der Waals surface area contributed by atoms with Crippen molar-refractivity contribution in [1.82, 2.24) is 16.0 Å². The van der Waals surface area contributed by atoms with Crippen molar-refractivity contribution in [2.24, 2.45) is 0 Å². The number of phosphoric ester groups is 1. The molecule has 4 heterocycles. The van der Waals surface area contributed by atoms with Crippen LogP contribution in [0.25, 0.3) is 5.57 Å². The number of allylic oxidation sites excluding steroid dienone is 1. The minimum atomic E-state index is -4.97. The van der Waals surface area contributed by atoms with Gasteiger partial charge >= 0.3 is 13.8 Å². The lowest BCUT2D eigenvalue weighted by molar-refractivity contribution is -0.126. The molecule has 4 aromatic carbocycles. The largest absolute Gasteiger partial charge is 0.524 e. The Balaban J connectivity index is 0.849. The summed E-state index contributed by atoms with van der Waals surface area (Å²) in [6.45, 7) is 9.88. The number of carbonyl (C=O) groups is 4. The van der Waals surface area contributed by atoms with Crippen molar-refractivity contribution < 1.29 is 51.9 Å². The molecule has 0 aromatic heterocycles. The highest BCUT2D eigenvalue weighted by Gasteiger charge is 2.57. The number of anilines is 2. The van der Waals surface area contributed by atoms with Gasteiger partial charge in [0.2, 0.25) is 18.0 Å². The van der Waals surface area contributed by atoms with Gasteiger partial charge in [0, 0.05) is 104 Å². The molecular formula is C51H55Cl4FN5O10P. The molecule has 4 aromatic rings. The maximum absolute atomic E-state index is 15.0. The second-order valence-corrected chi connectivity index (χ2v) is 21.7. The second-order valence-electron chi connectivity index (χ2n) is 19.0. The number of esters is 1. The van der Waals surface area contributed by atoms with Crippen LogP contribution in [0, 0.1) is 6.92 Å². The maximum atomic E-state index is 15.0. The molecule has 0 aliphatic carbocycles. The summed E-state index contributed by atoms with van der Waals surface area (Å²) in [5, 5.41) is 8.10. The van der Waals surface area contributed by atoms with Crippen LogP contribution in [0.5, 0.6) is 17.2 Å². The molecule has 5 N–H and O–H groups in total. The molecule has 4 aliphatic rings. The van der Waals surface area contributed by atoms with E-state index in [1.165, 1.54) is 18.2 Å². The molecule has 2 atom stereocenters. The van der Waals surface area contributed by atoms with Crippen LogP contribution in [-0.4, -0.2) is 78.8 Å². The van der Waals surface area contributed by atoms with Gasteiger partial charge in [0.1, 0.15) is 17.2 Å². The Labute approximate surface area is 436 Å². The maximum Gasteiger partial charge on any atom is 0.524 e. The lowest BCUT2D eigenvalue weighted by Crippen LogP contribution is -2.42. The molecule has 15 nitrogen and oxygen atoms in total. The minimum Gasteiger partial charge on any atom is -0.456 e. The number of ether oxygens (including phenoxy) is 2. The van der Waals surface area contributed by atoms with E-state index < -0.39 is 37.2 Å². The van der Waals surface area contributed by atoms with Crippen LogP contribution in [0.15, 0.2) is 48.5 Å². The van der Waals surface area contributed by atoms with Gasteiger partial charge in [0.05, 0.1) is 31.2 Å². The third-order valence-corrected chi connectivity index (χ3v) is 15.9. The molecule has 0 bridgehead atoms. The van der Waals surface area contributed by atoms with Crippen LogP contribution in [0.1, 0.15) is 121 Å². The molecule has 8 rings (SSSR count). The number of amides is 3. The third-order valence-electron chi connectivity index (χ3n) is 13.6. The number of hydrogen-bond donors (Lipinski definition) is 5. The van der Waals surface area contributed by atoms with Crippen molar-refractivity contribution in [3.8, 4) is 17.2 Å². The zero-order valence-electron chi connectivity index (χ0n) is 40.3. The number of nitrogens with zero attached hydrogens (tertiary/aromatic N) is 2. The molecule has 0 saturated heterocycles. The van der Waals surface area contributed by atoms with Gasteiger partial charge in [-0.3, -0.25) is 24.2 Å². The number of carbonyl (C=O) groups excluding carboxylic acids is 4. The van der Waals surface area contributed by atoms with E-state index in [1.54, 1.807) is 6.92 Å². The van der Waals surface area contributed by atoms with Crippen molar-refractivity contribution >= 4 is 94.9 Å². The second kappa shape index (κ2) is 21.0. The lowest BCUT2D eigenvalue weighted by Gasteiger charge is -2.43. The Morgan fingerprint density at radius 2 is 1.50 bits per heavy atom. The fourth-order valence-electron chi connectivity index (χ4n) is 9.97. The Morgan fingerprint density at radius 3 is 2.19 bits per heavy atom. The van der Waals surface area contributed by atoms with Crippen molar-refractivity contribution in [3.63, 3.8) is 0 Å². The molecular weight excluding hydrogens is 1030 g/mol. The quantitative estimate of drug-likeness (QED) is 0.0221. The van der Waals surface area contributed by atoms with Crippen molar-refractivity contribution in [2.45, 2.75) is 96.4 Å². The summed E-state index contributed by atoms with van der Waals surface area (Å²) in [4.78, 5) is 74.6. The number of halogens is 5. The summed E-state index contributed by atoms with van der Waals surface area (Å²) < 4.78 is 44.3. The number of likely N-dealkylation sites (N-methyl/N-ethyl adjacent to an activating group) is 1. The fraction of sp³-hybridized carbons (Fsp3) is 0.412. The van der Waals surface area contributed by atoms with Gasteiger partial charge < -0.3 is 39.7 Å². The summed E-state index contributed by atoms with van der Waals surface area (Å²) in [5.74, 6) is -1.52. The van der Waals surface area contributed by atoms with E-state index in [9.17, 15) is 23.7 Å². The Kier molecular flexibility index (Phi) is 15.6. The van der Waals surface area contributed by atoms with Gasteiger partial charge in [0.25, 0.3) is 5.91 Å². The van der Waals surface area contributed by atoms with Gasteiger partial charge in [0.15, 0.2) is 5.60 Å². The van der Waals surface area contributed by atoms with Crippen LogP contribution in [0.3, 0.4) is 0 Å². The van der Waals surface area contributed by atoms with Gasteiger partial charge in [-0.2, -0.15) is 0 Å². The average molecular weight is 1090 g/mol. The number of rotatable bonds is 17. The normalized spacial score (nSPS) is 17.6. The molecule has 21 heteroatoms. The van der Waals surface area contributed by atoms with E-state index >= 15 is 4.39 Å². The molecule has 1 unspecified atom stereocenters. The number of benzene rings is 4. The molecule has 0 fully saturated rings. The first kappa shape index (κ1) is 53.2. The molecule has 4 aliphatic heterocycles. The number of alkyl halides is 1. The monoisotopic (exact) mass is 1090 g/mol. The predicted molar refractivity (Wildman–Crippen MR) is 276 cm³/mol. The van der Waals surface area contributed by atoms with Crippen LogP contribution < -0.4 is 35.0 Å². The summed E-state index contributed by atoms with van der Waals surface area (Å²) in [6, 6.07) is 11.9. The molecule has 3 amide bonds. The predicted octanol–water partition coefficient (Wildman–Crippen LogP) is 10.4. The number of fused-ring (bicyclic) bond motifs is 8. The fourth-order valence-corrected chi connectivity index (χ4v) is 11.5. The molecule has 0 saturated carbocycles. The van der Waals surface area contributed by atoms with E-state index in [-0.39, 0.29) is 81.0 Å². The molecule has 384 valence electrons. The Morgan fingerprint density at radius 1 is 0.847 bits per heavy atom. The van der Waals surface area contributed by atoms with Crippen molar-refractivity contribution in [3.05, 3.63) is 113 Å². The van der Waals surface area contributed by atoms with Gasteiger partial charge in [-0.25, -0.2) is 13.8 Å². The zero-order valence-corrected chi connectivity index (χ0v) is 44.2. The molecule has 0 radical (unpaired) electrons. The first-order chi connectivity index (χ1) is 34.0. The summed E-state index contributed by atoms with van der Waals surface area (Å²) in [7, 11) is -2.95. The number of phosphoric acid groups is 1. The highest BCUT2D eigenvalue weighted by Crippen LogP contribution is 2.62. The lowest BCUT2D eigenvalue weighted by atomic mass is 9.75. The first-order valence-corrected chi connectivity index (χ1v) is 26.7. The summed E-state index contributed by atoms with van der Waals surface area (Å²) in [5.41, 5.74) is 4.72. The number of nitrogens with one attached hydrogen (secondary N) is 3. The van der Waals surface area contributed by atoms with E-state index in [4.69, 9.17) is 65.7 Å². The first-order valence-electron chi connectivity index (χ1n) is 23.7. The SMILES string of the molecule is CC1=CC(C)(C)N(C)c2cc3c(cc21)[C@]1(OC(=O)c2c(Cl)c(Cl)c(Cl)c(Cl)c21)c1cc2c(cc1O3)N(CCCC(=O)NCCNC(=O)CCCCCNC(=O)C(F)c1cc(C)ccc1OP(=O)(O)O)CCC2. The van der Waals surface area contributed by atoms with E-state index in [0.717, 1.165) is 47.5 Å². The van der Waals surface area contributed by atoms with E-state index in [2.05, 4.69) is 50.2 Å². The molecule has 1 spiro atoms. The van der Waals surface area contributed by atoms with Crippen LogP contribution >= 0.6 is 54.2 Å². The number of hydrogen-bond acceptors (Lipinski definition) is 10. The van der Waals surface area contributed by atoms with E-state index in [1.807, 2.05) is 38.2 Å². The standard InChI is InChI=1S/C51H55Cl4FN5O10P/c1-27-14-15-36(71-72(66,67)68)31(21-27)47(56)48(64)59-16-8-6-7-12-39(62)57-17-18-58-40(63)13-10-20-61-19-9-11-29-22-32-37(24-34(29)61)69-38-25-35-30(28(2)26-50(3,4)60(35)5)23-33(38)51(32)42-41(49(65)70-51)43(52)45(54)46(55)44(42)53/h14-15,21-26,47H,6-13,16-20H2,1-5H3,(H,57,62)(H,58,63)(H,59,64)(H2,66,67,68)/t47?,51-/m1/s1. The highest BCUT2D eigenvalue weighted by molar-refractivity contribution is 7.46. The van der Waals surface area contributed by atoms with Crippen LogP contribution in [0.4, 0.5) is 15.8 Å². The molecule has 72 heavy (non-hydrogen) atoms.